The maximum Gasteiger partial charge on any atom is 0.336 e. The van der Waals surface area contributed by atoms with E-state index in [2.05, 4.69) is 5.32 Å². The van der Waals surface area contributed by atoms with Gasteiger partial charge in [-0.15, -0.1) is 0 Å². The van der Waals surface area contributed by atoms with Gasteiger partial charge >= 0.3 is 18.0 Å². The fraction of sp³-hybridized carbons (Fsp3) is 0.423. The molecule has 0 fully saturated rings. The molecule has 11 nitrogen and oxygen atoms in total. The Balaban J connectivity index is 2.25. The summed E-state index contributed by atoms with van der Waals surface area (Å²) in [5.41, 5.74) is 2.20. The van der Waals surface area contributed by atoms with Gasteiger partial charge in [-0.3, -0.25) is 10.1 Å². The largest absolute Gasteiger partial charge is 0.480 e. The van der Waals surface area contributed by atoms with Crippen molar-refractivity contribution in [3.05, 3.63) is 63.7 Å². The zero-order valence-electron chi connectivity index (χ0n) is 21.3. The second kappa shape index (κ2) is 13.4. The van der Waals surface area contributed by atoms with Crippen LogP contribution in [0.2, 0.25) is 0 Å². The van der Waals surface area contributed by atoms with Gasteiger partial charge in [0.05, 0.1) is 23.6 Å². The van der Waals surface area contributed by atoms with E-state index in [-0.39, 0.29) is 37.7 Å². The first-order chi connectivity index (χ1) is 17.4. The Labute approximate surface area is 215 Å². The Hall–Kier alpha value is -3.99. The highest BCUT2D eigenvalue weighted by molar-refractivity contribution is 5.84. The Bertz CT molecular complexity index is 1120. The average Bonchev–Trinajstić information content (AvgIpc) is 2.83. The van der Waals surface area contributed by atoms with Gasteiger partial charge in [0.25, 0.3) is 5.69 Å². The molecule has 2 rings (SSSR count). The van der Waals surface area contributed by atoms with Crippen LogP contribution < -0.4 is 5.32 Å². The van der Waals surface area contributed by atoms with E-state index >= 15 is 0 Å². The molecule has 2 amide bonds. The van der Waals surface area contributed by atoms with E-state index in [1.54, 1.807) is 31.2 Å². The molecule has 2 atom stereocenters. The number of carbonyl (C=O) groups excluding carboxylic acids is 2. The summed E-state index contributed by atoms with van der Waals surface area (Å²) in [5, 5.41) is 34.0. The molecular formula is C26H33N3O8. The molecule has 1 unspecified atom stereocenters. The Morgan fingerprint density at radius 3 is 2.30 bits per heavy atom. The van der Waals surface area contributed by atoms with Crippen LogP contribution in [0.3, 0.4) is 0 Å². The standard InChI is InChI=1S/C26H33N3O8/c1-5-37-25(33)23(30)15-28(14-16(2)3)26(34)27-21(24(31)32)12-18-8-11-20(22(13-18)29(35)36)19-9-6-17(4)7-10-19/h6-11,13,16,21,23,30H,5,12,14-15H2,1-4H3,(H,27,34)(H,31,32)/t21-,23?/m0/s1. The van der Waals surface area contributed by atoms with Gasteiger partial charge in [-0.1, -0.05) is 49.7 Å². The van der Waals surface area contributed by atoms with Crippen molar-refractivity contribution in [2.45, 2.75) is 46.3 Å². The van der Waals surface area contributed by atoms with Crippen LogP contribution >= 0.6 is 0 Å². The van der Waals surface area contributed by atoms with Gasteiger partial charge in [-0.2, -0.15) is 0 Å². The number of carbonyl (C=O) groups is 3. The van der Waals surface area contributed by atoms with Crippen LogP contribution in [0.5, 0.6) is 0 Å². The minimum absolute atomic E-state index is 0.0413. The monoisotopic (exact) mass is 515 g/mol. The molecular weight excluding hydrogens is 482 g/mol. The maximum absolute atomic E-state index is 12.9. The zero-order valence-corrected chi connectivity index (χ0v) is 21.3. The molecule has 0 heterocycles. The highest BCUT2D eigenvalue weighted by atomic mass is 16.6. The van der Waals surface area contributed by atoms with Gasteiger partial charge in [-0.05, 0) is 37.0 Å². The van der Waals surface area contributed by atoms with Crippen molar-refractivity contribution in [2.24, 2.45) is 5.92 Å². The molecule has 0 spiro atoms. The summed E-state index contributed by atoms with van der Waals surface area (Å²) >= 11 is 0. The van der Waals surface area contributed by atoms with Gasteiger partial charge in [0.2, 0.25) is 0 Å². The first-order valence-corrected chi connectivity index (χ1v) is 11.9. The number of esters is 1. The van der Waals surface area contributed by atoms with Crippen molar-refractivity contribution >= 4 is 23.7 Å². The number of nitrogens with one attached hydrogen (secondary N) is 1. The molecule has 0 saturated carbocycles. The third kappa shape index (κ3) is 8.57. The molecule has 0 saturated heterocycles. The second-order valence-corrected chi connectivity index (χ2v) is 9.09. The lowest BCUT2D eigenvalue weighted by Crippen LogP contribution is -2.52. The number of benzene rings is 2. The fourth-order valence-electron chi connectivity index (χ4n) is 3.71. The van der Waals surface area contributed by atoms with Gasteiger partial charge < -0.3 is 25.2 Å². The normalized spacial score (nSPS) is 12.5. The smallest absolute Gasteiger partial charge is 0.336 e. The highest BCUT2D eigenvalue weighted by Gasteiger charge is 2.28. The predicted molar refractivity (Wildman–Crippen MR) is 136 cm³/mol. The van der Waals surface area contributed by atoms with Gasteiger partial charge in [0, 0.05) is 19.0 Å². The molecule has 3 N–H and O–H groups in total. The van der Waals surface area contributed by atoms with Gasteiger partial charge in [0.15, 0.2) is 6.10 Å². The van der Waals surface area contributed by atoms with Crippen LogP contribution in [0, 0.1) is 23.0 Å². The molecule has 37 heavy (non-hydrogen) atoms. The van der Waals surface area contributed by atoms with E-state index in [9.17, 15) is 34.7 Å². The molecule has 2 aromatic rings. The predicted octanol–water partition coefficient (Wildman–Crippen LogP) is 3.16. The van der Waals surface area contributed by atoms with Crippen molar-refractivity contribution in [3.8, 4) is 11.1 Å². The summed E-state index contributed by atoms with van der Waals surface area (Å²) in [6.07, 6.45) is -1.81. The average molecular weight is 516 g/mol. The second-order valence-electron chi connectivity index (χ2n) is 9.09. The molecule has 2 aromatic carbocycles. The van der Waals surface area contributed by atoms with E-state index < -0.39 is 35.0 Å². The van der Waals surface area contributed by atoms with E-state index in [1.807, 2.05) is 32.9 Å². The lowest BCUT2D eigenvalue weighted by Gasteiger charge is -2.28. The highest BCUT2D eigenvalue weighted by Crippen LogP contribution is 2.31. The summed E-state index contributed by atoms with van der Waals surface area (Å²) in [6, 6.07) is 9.45. The first-order valence-electron chi connectivity index (χ1n) is 11.9. The Kier molecular flexibility index (Phi) is 10.6. The molecule has 0 aliphatic rings. The van der Waals surface area contributed by atoms with Crippen LogP contribution in [-0.2, 0) is 20.7 Å². The van der Waals surface area contributed by atoms with Crippen molar-refractivity contribution < 1.29 is 34.3 Å². The van der Waals surface area contributed by atoms with E-state index in [0.29, 0.717) is 16.7 Å². The number of hydrogen-bond donors (Lipinski definition) is 3. The van der Waals surface area contributed by atoms with Crippen LogP contribution in [0.1, 0.15) is 31.9 Å². The Morgan fingerprint density at radius 1 is 1.11 bits per heavy atom. The summed E-state index contributed by atoms with van der Waals surface area (Å²) in [4.78, 5) is 49.1. The number of aliphatic hydroxyl groups excluding tert-OH is 1. The van der Waals surface area contributed by atoms with Crippen molar-refractivity contribution in [1.29, 1.82) is 0 Å². The molecule has 0 aliphatic heterocycles. The number of aliphatic carboxylic acids is 1. The molecule has 11 heteroatoms. The summed E-state index contributed by atoms with van der Waals surface area (Å²) in [7, 11) is 0. The van der Waals surface area contributed by atoms with Crippen molar-refractivity contribution in [3.63, 3.8) is 0 Å². The van der Waals surface area contributed by atoms with Gasteiger partial charge in [0.1, 0.15) is 6.04 Å². The lowest BCUT2D eigenvalue weighted by molar-refractivity contribution is -0.384. The number of carboxylic acids is 1. The number of nitro benzene ring substituents is 1. The van der Waals surface area contributed by atoms with Gasteiger partial charge in [-0.25, -0.2) is 14.4 Å². The molecule has 0 bridgehead atoms. The number of nitro groups is 1. The summed E-state index contributed by atoms with van der Waals surface area (Å²) in [6.45, 7) is 6.94. The van der Waals surface area contributed by atoms with Crippen LogP contribution in [0.15, 0.2) is 42.5 Å². The van der Waals surface area contributed by atoms with Crippen LogP contribution in [0.25, 0.3) is 11.1 Å². The molecule has 200 valence electrons. The van der Waals surface area contributed by atoms with Crippen molar-refractivity contribution in [1.82, 2.24) is 10.2 Å². The lowest BCUT2D eigenvalue weighted by atomic mass is 9.98. The minimum Gasteiger partial charge on any atom is -0.480 e. The van der Waals surface area contributed by atoms with E-state index in [0.717, 1.165) is 10.5 Å². The fourth-order valence-corrected chi connectivity index (χ4v) is 3.71. The SMILES string of the molecule is CCOC(=O)C(O)CN(CC(C)C)C(=O)N[C@@H](Cc1ccc(-c2ccc(C)cc2)c([N+](=O)[O-])c1)C(=O)O. The number of ether oxygens (including phenoxy) is 1. The third-order valence-corrected chi connectivity index (χ3v) is 5.48. The first kappa shape index (κ1) is 29.2. The quantitative estimate of drug-likeness (QED) is 0.221. The van der Waals surface area contributed by atoms with Crippen LogP contribution in [-0.4, -0.2) is 69.8 Å². The van der Waals surface area contributed by atoms with E-state index in [1.165, 1.54) is 6.07 Å². The summed E-state index contributed by atoms with van der Waals surface area (Å²) in [5.74, 6) is -2.27. The number of urea groups is 1. The van der Waals surface area contributed by atoms with E-state index in [4.69, 9.17) is 4.74 Å². The molecule has 0 radical (unpaired) electrons. The number of nitrogens with zero attached hydrogens (tertiary/aromatic N) is 2. The Morgan fingerprint density at radius 2 is 1.76 bits per heavy atom. The summed E-state index contributed by atoms with van der Waals surface area (Å²) < 4.78 is 4.77. The molecule has 0 aromatic heterocycles. The maximum atomic E-state index is 12.9. The number of rotatable bonds is 12. The topological polar surface area (TPSA) is 159 Å². The zero-order chi connectivity index (χ0) is 27.7. The van der Waals surface area contributed by atoms with Crippen molar-refractivity contribution in [2.75, 3.05) is 19.7 Å². The number of amides is 2. The number of carboxylic acid groups (broad SMARTS) is 1. The minimum atomic E-state index is -1.59. The third-order valence-electron chi connectivity index (χ3n) is 5.48. The number of hydrogen-bond acceptors (Lipinski definition) is 7. The van der Waals surface area contributed by atoms with Crippen LogP contribution in [0.4, 0.5) is 10.5 Å². The number of aryl methyl sites for hydroxylation is 1. The molecule has 0 aliphatic carbocycles. The number of aliphatic hydroxyl groups is 1.